The Hall–Kier alpha value is -1.26. The van der Waals surface area contributed by atoms with Gasteiger partial charge in [-0.05, 0) is 34.1 Å². The molecule has 0 saturated carbocycles. The van der Waals surface area contributed by atoms with E-state index in [1.807, 2.05) is 24.3 Å². The molecule has 0 atom stereocenters. The van der Waals surface area contributed by atoms with Crippen LogP contribution in [0.2, 0.25) is 5.02 Å². The Kier molecular flexibility index (Phi) is 3.31. The number of rotatable bonds is 2. The molecule has 3 nitrogen and oxygen atoms in total. The molecule has 0 aliphatic heterocycles. The molecule has 0 unspecified atom stereocenters. The van der Waals surface area contributed by atoms with Gasteiger partial charge in [0, 0.05) is 18.0 Å². The minimum Gasteiger partial charge on any atom is -0.384 e. The first kappa shape index (κ1) is 11.2. The van der Waals surface area contributed by atoms with Crippen LogP contribution in [-0.4, -0.2) is 4.98 Å². The molecule has 0 aliphatic carbocycles. The number of pyridine rings is 1. The summed E-state index contributed by atoms with van der Waals surface area (Å²) in [5.74, 6) is 0.475. The molecule has 0 saturated heterocycles. The van der Waals surface area contributed by atoms with Gasteiger partial charge in [-0.2, -0.15) is 0 Å². The number of hydrogen-bond acceptors (Lipinski definition) is 3. The van der Waals surface area contributed by atoms with Crippen LogP contribution in [0.1, 0.15) is 0 Å². The summed E-state index contributed by atoms with van der Waals surface area (Å²) in [6.45, 7) is 0. The van der Waals surface area contributed by atoms with Crippen LogP contribution < -0.4 is 11.1 Å². The van der Waals surface area contributed by atoms with E-state index in [2.05, 4.69) is 26.2 Å². The first-order valence-corrected chi connectivity index (χ1v) is 5.76. The van der Waals surface area contributed by atoms with Gasteiger partial charge in [0.2, 0.25) is 0 Å². The third kappa shape index (κ3) is 2.46. The van der Waals surface area contributed by atoms with Crippen molar-refractivity contribution in [3.63, 3.8) is 0 Å². The maximum atomic E-state index is 5.99. The van der Waals surface area contributed by atoms with E-state index in [-0.39, 0.29) is 0 Å². The van der Waals surface area contributed by atoms with Crippen LogP contribution in [0, 0.1) is 0 Å². The topological polar surface area (TPSA) is 50.9 Å². The van der Waals surface area contributed by atoms with Crippen molar-refractivity contribution in [2.24, 2.45) is 0 Å². The summed E-state index contributed by atoms with van der Waals surface area (Å²) in [5, 5.41) is 3.86. The Morgan fingerprint density at radius 2 is 2.12 bits per heavy atom. The largest absolute Gasteiger partial charge is 0.384 e. The summed E-state index contributed by atoms with van der Waals surface area (Å²) in [6.07, 6.45) is 1.65. The van der Waals surface area contributed by atoms with E-state index in [0.717, 1.165) is 15.8 Å². The summed E-state index contributed by atoms with van der Waals surface area (Å²) in [5.41, 5.74) is 7.35. The molecule has 1 heterocycles. The van der Waals surface area contributed by atoms with Crippen LogP contribution in [0.5, 0.6) is 0 Å². The summed E-state index contributed by atoms with van der Waals surface area (Å²) in [7, 11) is 0. The van der Waals surface area contributed by atoms with E-state index in [9.17, 15) is 0 Å². The second kappa shape index (κ2) is 4.72. The van der Waals surface area contributed by atoms with Crippen molar-refractivity contribution in [2.75, 3.05) is 11.1 Å². The number of hydrogen-bond donors (Lipinski definition) is 2. The Morgan fingerprint density at radius 3 is 2.88 bits per heavy atom. The number of aromatic nitrogens is 1. The van der Waals surface area contributed by atoms with E-state index >= 15 is 0 Å². The smallest absolute Gasteiger partial charge is 0.125 e. The van der Waals surface area contributed by atoms with Gasteiger partial charge < -0.3 is 11.1 Å². The zero-order chi connectivity index (χ0) is 11.5. The van der Waals surface area contributed by atoms with Crippen molar-refractivity contribution in [1.29, 1.82) is 0 Å². The van der Waals surface area contributed by atoms with Gasteiger partial charge >= 0.3 is 0 Å². The molecule has 0 spiro atoms. The van der Waals surface area contributed by atoms with Crippen molar-refractivity contribution in [1.82, 2.24) is 4.98 Å². The Bertz CT molecular complexity index is 516. The molecular weight excluding hydrogens is 289 g/mol. The minimum absolute atomic E-state index is 0.475. The second-order valence-corrected chi connectivity index (χ2v) is 4.40. The number of nitrogens with zero attached hydrogens (tertiary/aromatic N) is 1. The van der Waals surface area contributed by atoms with Crippen molar-refractivity contribution < 1.29 is 0 Å². The number of halogens is 2. The van der Waals surface area contributed by atoms with Crippen molar-refractivity contribution in [3.8, 4) is 0 Å². The molecule has 0 fully saturated rings. The summed E-state index contributed by atoms with van der Waals surface area (Å²) < 4.78 is 0.826. The zero-order valence-electron chi connectivity index (χ0n) is 8.24. The van der Waals surface area contributed by atoms with Gasteiger partial charge in [0.15, 0.2) is 0 Å². The number of benzene rings is 1. The maximum absolute atomic E-state index is 5.99. The molecule has 2 aromatic rings. The van der Waals surface area contributed by atoms with Crippen molar-refractivity contribution >= 4 is 44.7 Å². The lowest BCUT2D eigenvalue weighted by Crippen LogP contribution is -1.94. The first-order chi connectivity index (χ1) is 7.66. The molecule has 2 rings (SSSR count). The van der Waals surface area contributed by atoms with Crippen LogP contribution in [0.3, 0.4) is 0 Å². The van der Waals surface area contributed by atoms with Crippen LogP contribution in [0.15, 0.2) is 41.0 Å². The average Bonchev–Trinajstić information content (AvgIpc) is 2.25. The molecule has 3 N–H and O–H groups in total. The SMILES string of the molecule is Nc1cc(Nc2cccc(Cl)c2Br)ccn1. The molecular formula is C11H9BrClN3. The molecule has 0 amide bonds. The Morgan fingerprint density at radius 1 is 1.31 bits per heavy atom. The van der Waals surface area contributed by atoms with Crippen molar-refractivity contribution in [2.45, 2.75) is 0 Å². The maximum Gasteiger partial charge on any atom is 0.125 e. The lowest BCUT2D eigenvalue weighted by molar-refractivity contribution is 1.33. The monoisotopic (exact) mass is 297 g/mol. The van der Waals surface area contributed by atoms with Gasteiger partial charge in [-0.25, -0.2) is 4.98 Å². The van der Waals surface area contributed by atoms with E-state index < -0.39 is 0 Å². The van der Waals surface area contributed by atoms with Crippen molar-refractivity contribution in [3.05, 3.63) is 46.0 Å². The predicted molar refractivity (Wildman–Crippen MR) is 71.1 cm³/mol. The fourth-order valence-electron chi connectivity index (χ4n) is 1.28. The predicted octanol–water partition coefficient (Wildman–Crippen LogP) is 3.82. The number of nitrogen functional groups attached to an aromatic ring is 1. The Balaban J connectivity index is 2.31. The fourth-order valence-corrected chi connectivity index (χ4v) is 1.82. The number of anilines is 3. The van der Waals surface area contributed by atoms with Crippen LogP contribution in [0.4, 0.5) is 17.2 Å². The van der Waals surface area contributed by atoms with E-state index in [4.69, 9.17) is 17.3 Å². The zero-order valence-corrected chi connectivity index (χ0v) is 10.6. The summed E-state index contributed by atoms with van der Waals surface area (Å²) in [4.78, 5) is 3.92. The van der Waals surface area contributed by atoms with Gasteiger partial charge in [-0.1, -0.05) is 17.7 Å². The fraction of sp³-hybridized carbons (Fsp3) is 0. The van der Waals surface area contributed by atoms with Gasteiger partial charge in [-0.15, -0.1) is 0 Å². The van der Waals surface area contributed by atoms with Gasteiger partial charge in [-0.3, -0.25) is 0 Å². The molecule has 5 heteroatoms. The molecule has 16 heavy (non-hydrogen) atoms. The average molecular weight is 299 g/mol. The first-order valence-electron chi connectivity index (χ1n) is 4.59. The molecule has 0 radical (unpaired) electrons. The number of nitrogens with one attached hydrogen (secondary N) is 1. The Labute approximate surface area is 107 Å². The van der Waals surface area contributed by atoms with Gasteiger partial charge in [0.05, 0.1) is 15.2 Å². The highest BCUT2D eigenvalue weighted by molar-refractivity contribution is 9.10. The second-order valence-electron chi connectivity index (χ2n) is 3.20. The lowest BCUT2D eigenvalue weighted by Gasteiger charge is -2.09. The molecule has 82 valence electrons. The lowest BCUT2D eigenvalue weighted by atomic mass is 10.3. The van der Waals surface area contributed by atoms with E-state index in [0.29, 0.717) is 10.8 Å². The molecule has 1 aromatic heterocycles. The normalized spacial score (nSPS) is 10.1. The minimum atomic E-state index is 0.475. The highest BCUT2D eigenvalue weighted by Gasteiger charge is 2.03. The van der Waals surface area contributed by atoms with Gasteiger partial charge in [0.25, 0.3) is 0 Å². The quantitative estimate of drug-likeness (QED) is 0.886. The number of nitrogens with two attached hydrogens (primary N) is 1. The molecule has 1 aromatic carbocycles. The highest BCUT2D eigenvalue weighted by Crippen LogP contribution is 2.32. The highest BCUT2D eigenvalue weighted by atomic mass is 79.9. The third-order valence-corrected chi connectivity index (χ3v) is 3.41. The third-order valence-electron chi connectivity index (χ3n) is 2.01. The van der Waals surface area contributed by atoms with E-state index in [1.54, 1.807) is 12.3 Å². The molecule has 0 bridgehead atoms. The van der Waals surface area contributed by atoms with Crippen LogP contribution >= 0.6 is 27.5 Å². The van der Waals surface area contributed by atoms with E-state index in [1.165, 1.54) is 0 Å². The van der Waals surface area contributed by atoms with Crippen LogP contribution in [-0.2, 0) is 0 Å². The van der Waals surface area contributed by atoms with Crippen LogP contribution in [0.25, 0.3) is 0 Å². The van der Waals surface area contributed by atoms with Gasteiger partial charge in [0.1, 0.15) is 5.82 Å². The summed E-state index contributed by atoms with van der Waals surface area (Å²) >= 11 is 9.40. The summed E-state index contributed by atoms with van der Waals surface area (Å²) in [6, 6.07) is 9.21. The standard InChI is InChI=1S/C11H9BrClN3/c12-11-8(13)2-1-3-9(11)16-7-4-5-15-10(14)6-7/h1-6H,(H3,14,15,16). The molecule has 0 aliphatic rings.